The van der Waals surface area contributed by atoms with E-state index in [9.17, 15) is 33.6 Å². The van der Waals surface area contributed by atoms with E-state index in [2.05, 4.69) is 45.2 Å². The first-order valence-corrected chi connectivity index (χ1v) is 23.8. The lowest BCUT2D eigenvalue weighted by molar-refractivity contribution is -0.138. The molecule has 4 unspecified atom stereocenters. The van der Waals surface area contributed by atoms with Crippen molar-refractivity contribution in [3.63, 3.8) is 0 Å². The summed E-state index contributed by atoms with van der Waals surface area (Å²) in [7, 11) is 0. The molecular formula is C52H57N7O10. The van der Waals surface area contributed by atoms with Crippen molar-refractivity contribution in [1.82, 2.24) is 36.0 Å². The second-order valence-electron chi connectivity index (χ2n) is 18.4. The summed E-state index contributed by atoms with van der Waals surface area (Å²) in [6.07, 6.45) is 2.76. The SMILES string of the molecule is CC(CC1CN(CCCNC(=O)c2ccc(COc3cccc4c3CN(C3CCC(=O)NC3=O)C4=O)cc2)CCO1)NCc1ccc(COc2cccc3c2CN(C2CCC(=O)NC2=O)C3=O)cc1. The zero-order valence-electron chi connectivity index (χ0n) is 38.6. The number of amides is 7. The van der Waals surface area contributed by atoms with Crippen LogP contribution < -0.4 is 30.7 Å². The number of morpholine rings is 1. The number of nitrogens with zero attached hydrogens (tertiary/aromatic N) is 3. The highest BCUT2D eigenvalue weighted by molar-refractivity contribution is 6.06. The fraction of sp³-hybridized carbons (Fsp3) is 0.404. The Labute approximate surface area is 400 Å². The Morgan fingerprint density at radius 2 is 1.26 bits per heavy atom. The van der Waals surface area contributed by atoms with E-state index in [4.69, 9.17) is 14.2 Å². The molecule has 0 aliphatic carbocycles. The maximum Gasteiger partial charge on any atom is 0.255 e. The number of fused-ring (bicyclic) bond motifs is 2. The second-order valence-corrected chi connectivity index (χ2v) is 18.4. The normalized spacial score (nSPS) is 20.9. The van der Waals surface area contributed by atoms with Gasteiger partial charge in [0.2, 0.25) is 23.6 Å². The van der Waals surface area contributed by atoms with Gasteiger partial charge in [0.05, 0.1) is 25.8 Å². The quantitative estimate of drug-likeness (QED) is 0.0833. The van der Waals surface area contributed by atoms with Crippen LogP contribution in [0.4, 0.5) is 0 Å². The molecule has 0 aromatic heterocycles. The molecule has 4 N–H and O–H groups in total. The van der Waals surface area contributed by atoms with Gasteiger partial charge in [0.1, 0.15) is 36.8 Å². The highest BCUT2D eigenvalue weighted by Crippen LogP contribution is 2.35. The minimum atomic E-state index is -0.699. The summed E-state index contributed by atoms with van der Waals surface area (Å²) in [6.45, 7) is 7.63. The fourth-order valence-electron chi connectivity index (χ4n) is 9.72. The number of carbonyl (C=O) groups is 7. The van der Waals surface area contributed by atoms with Crippen molar-refractivity contribution in [3.05, 3.63) is 129 Å². The van der Waals surface area contributed by atoms with Crippen molar-refractivity contribution in [2.45, 2.75) is 103 Å². The van der Waals surface area contributed by atoms with Gasteiger partial charge in [-0.2, -0.15) is 0 Å². The fourth-order valence-corrected chi connectivity index (χ4v) is 9.72. The summed E-state index contributed by atoms with van der Waals surface area (Å²) in [4.78, 5) is 93.0. The molecule has 4 atom stereocenters. The molecule has 7 amide bonds. The molecule has 4 aromatic carbocycles. The predicted molar refractivity (Wildman–Crippen MR) is 251 cm³/mol. The predicted octanol–water partition coefficient (Wildman–Crippen LogP) is 3.76. The van der Waals surface area contributed by atoms with Gasteiger partial charge in [0, 0.05) is 79.4 Å². The molecule has 0 bridgehead atoms. The average molecular weight is 940 g/mol. The lowest BCUT2D eigenvalue weighted by Gasteiger charge is -2.34. The van der Waals surface area contributed by atoms with E-state index in [0.29, 0.717) is 72.9 Å². The number of imide groups is 2. The van der Waals surface area contributed by atoms with Crippen LogP contribution in [-0.2, 0) is 56.8 Å². The van der Waals surface area contributed by atoms with Gasteiger partial charge in [0.25, 0.3) is 17.7 Å². The molecule has 5 heterocycles. The van der Waals surface area contributed by atoms with E-state index in [1.54, 1.807) is 42.5 Å². The molecular weight excluding hydrogens is 883 g/mol. The topological polar surface area (TPSA) is 205 Å². The minimum absolute atomic E-state index is 0.0986. The highest BCUT2D eigenvalue weighted by atomic mass is 16.5. The van der Waals surface area contributed by atoms with Crippen LogP contribution in [0, 0.1) is 0 Å². The zero-order valence-corrected chi connectivity index (χ0v) is 38.6. The van der Waals surface area contributed by atoms with E-state index in [-0.39, 0.29) is 74.2 Å². The number of nitrogens with one attached hydrogen (secondary N) is 4. The Hall–Kier alpha value is -6.95. The molecule has 360 valence electrons. The third-order valence-corrected chi connectivity index (χ3v) is 13.5. The van der Waals surface area contributed by atoms with Gasteiger partial charge in [-0.3, -0.25) is 49.1 Å². The highest BCUT2D eigenvalue weighted by Gasteiger charge is 2.41. The lowest BCUT2D eigenvalue weighted by Crippen LogP contribution is -2.52. The van der Waals surface area contributed by atoms with Crippen LogP contribution in [0.15, 0.2) is 84.9 Å². The number of rotatable bonds is 18. The van der Waals surface area contributed by atoms with E-state index in [1.807, 2.05) is 30.3 Å². The Morgan fingerprint density at radius 1 is 0.725 bits per heavy atom. The number of hydrogen-bond donors (Lipinski definition) is 4. The summed E-state index contributed by atoms with van der Waals surface area (Å²) in [5, 5.41) is 11.3. The molecule has 9 rings (SSSR count). The van der Waals surface area contributed by atoms with Crippen molar-refractivity contribution < 1.29 is 47.8 Å². The van der Waals surface area contributed by atoms with Gasteiger partial charge in [-0.05, 0) is 85.7 Å². The van der Waals surface area contributed by atoms with Crippen molar-refractivity contribution in [2.75, 3.05) is 32.8 Å². The summed E-state index contributed by atoms with van der Waals surface area (Å²) in [5.41, 5.74) is 6.00. The largest absolute Gasteiger partial charge is 0.489 e. The van der Waals surface area contributed by atoms with Crippen LogP contribution in [0.2, 0.25) is 0 Å². The third kappa shape index (κ3) is 11.0. The molecule has 0 radical (unpaired) electrons. The molecule has 0 saturated carbocycles. The zero-order chi connectivity index (χ0) is 48.0. The summed E-state index contributed by atoms with van der Waals surface area (Å²) < 4.78 is 18.5. The molecule has 4 aromatic rings. The van der Waals surface area contributed by atoms with Gasteiger partial charge >= 0.3 is 0 Å². The molecule has 0 spiro atoms. The molecule has 3 saturated heterocycles. The maximum absolute atomic E-state index is 13.2. The number of benzene rings is 4. The molecule has 17 nitrogen and oxygen atoms in total. The number of carbonyl (C=O) groups excluding carboxylic acids is 7. The van der Waals surface area contributed by atoms with Crippen LogP contribution in [-0.4, -0.2) is 113 Å². The Bertz CT molecular complexity index is 2620. The molecule has 3 fully saturated rings. The summed E-state index contributed by atoms with van der Waals surface area (Å²) in [6, 6.07) is 25.0. The first-order chi connectivity index (χ1) is 33.5. The monoisotopic (exact) mass is 939 g/mol. The van der Waals surface area contributed by atoms with Crippen LogP contribution in [0.25, 0.3) is 0 Å². The third-order valence-electron chi connectivity index (χ3n) is 13.5. The van der Waals surface area contributed by atoms with Crippen LogP contribution in [0.3, 0.4) is 0 Å². The Morgan fingerprint density at radius 3 is 1.81 bits per heavy atom. The summed E-state index contributed by atoms with van der Waals surface area (Å²) >= 11 is 0. The lowest BCUT2D eigenvalue weighted by atomic mass is 10.0. The average Bonchev–Trinajstić information content (AvgIpc) is 3.87. The van der Waals surface area contributed by atoms with Gasteiger partial charge in [-0.25, -0.2) is 0 Å². The Balaban J connectivity index is 0.656. The van der Waals surface area contributed by atoms with Gasteiger partial charge in [-0.1, -0.05) is 48.5 Å². The van der Waals surface area contributed by atoms with Crippen LogP contribution in [0.1, 0.15) is 104 Å². The molecule has 69 heavy (non-hydrogen) atoms. The second kappa shape index (κ2) is 21.1. The van der Waals surface area contributed by atoms with Crippen molar-refractivity contribution in [2.24, 2.45) is 0 Å². The minimum Gasteiger partial charge on any atom is -0.489 e. The maximum atomic E-state index is 13.2. The van der Waals surface area contributed by atoms with Crippen molar-refractivity contribution >= 4 is 41.4 Å². The van der Waals surface area contributed by atoms with E-state index >= 15 is 0 Å². The first-order valence-electron chi connectivity index (χ1n) is 23.8. The van der Waals surface area contributed by atoms with Crippen molar-refractivity contribution in [3.8, 4) is 11.5 Å². The van der Waals surface area contributed by atoms with Gasteiger partial charge in [-0.15, -0.1) is 0 Å². The van der Waals surface area contributed by atoms with Gasteiger partial charge < -0.3 is 34.6 Å². The standard InChI is InChI=1S/C52H57N7O10/c1-32(54-26-33-9-11-34(12-10-33)30-68-44-7-2-5-38-40(44)28-58(51(38)65)42-17-19-46(60)55-49(42)63)25-37-27-57(23-24-67-37)22-4-21-53-48(62)36-15-13-35(14-16-36)31-69-45-8-3-6-39-41(45)29-59(52(39)66)43-18-20-47(61)56-50(43)64/h2-3,5-16,32,37,42-43,54H,4,17-31H2,1H3,(H,53,62)(H,55,60,63)(H,56,61,64). The van der Waals surface area contributed by atoms with Crippen LogP contribution >= 0.6 is 0 Å². The smallest absolute Gasteiger partial charge is 0.255 e. The number of hydrogen-bond acceptors (Lipinski definition) is 12. The molecule has 5 aliphatic rings. The van der Waals surface area contributed by atoms with E-state index in [0.717, 1.165) is 54.7 Å². The Kier molecular flexibility index (Phi) is 14.4. The summed E-state index contributed by atoms with van der Waals surface area (Å²) in [5.74, 6) is -1.01. The molecule has 17 heteroatoms. The van der Waals surface area contributed by atoms with Crippen molar-refractivity contribution in [1.29, 1.82) is 0 Å². The van der Waals surface area contributed by atoms with E-state index in [1.165, 1.54) is 9.80 Å². The van der Waals surface area contributed by atoms with Crippen LogP contribution in [0.5, 0.6) is 11.5 Å². The van der Waals surface area contributed by atoms with E-state index < -0.39 is 23.9 Å². The number of ether oxygens (including phenoxy) is 3. The first kappa shape index (κ1) is 47.1. The van der Waals surface area contributed by atoms with Gasteiger partial charge in [0.15, 0.2) is 0 Å². The molecule has 5 aliphatic heterocycles. The number of piperidine rings is 2.